The molecular formula is C19H21N5O3. The predicted octanol–water partition coefficient (Wildman–Crippen LogP) is 0.903. The second-order valence-electron chi connectivity index (χ2n) is 6.55. The first-order chi connectivity index (χ1) is 13.2. The van der Waals surface area contributed by atoms with E-state index in [2.05, 4.69) is 19.8 Å². The van der Waals surface area contributed by atoms with Crippen LogP contribution in [0.5, 0.6) is 5.88 Å². The van der Waals surface area contributed by atoms with Crippen molar-refractivity contribution in [1.29, 1.82) is 0 Å². The zero-order chi connectivity index (χ0) is 18.8. The number of carbonyl (C=O) groups is 2. The van der Waals surface area contributed by atoms with Crippen LogP contribution in [0.4, 0.5) is 5.82 Å². The summed E-state index contributed by atoms with van der Waals surface area (Å²) < 4.78 is 5.15. The van der Waals surface area contributed by atoms with Gasteiger partial charge in [0.15, 0.2) is 0 Å². The van der Waals surface area contributed by atoms with Gasteiger partial charge in [0, 0.05) is 45.3 Å². The monoisotopic (exact) mass is 367 g/mol. The average molecular weight is 367 g/mol. The van der Waals surface area contributed by atoms with Gasteiger partial charge in [-0.15, -0.1) is 0 Å². The van der Waals surface area contributed by atoms with Crippen LogP contribution in [0.1, 0.15) is 20.7 Å². The molecule has 0 unspecified atom stereocenters. The SMILES string of the molecule is COc1cc(N2CCN(CCN3C(=O)c4ccccc4C3=O)CC2)ncn1. The van der Waals surface area contributed by atoms with Gasteiger partial charge in [-0.3, -0.25) is 19.4 Å². The van der Waals surface area contributed by atoms with Crippen LogP contribution >= 0.6 is 0 Å². The van der Waals surface area contributed by atoms with Crippen LogP contribution in [0.2, 0.25) is 0 Å². The number of fused-ring (bicyclic) bond motifs is 1. The lowest BCUT2D eigenvalue weighted by Gasteiger charge is -2.35. The number of rotatable bonds is 5. The molecule has 2 aliphatic rings. The van der Waals surface area contributed by atoms with Crippen LogP contribution in [0.25, 0.3) is 0 Å². The summed E-state index contributed by atoms with van der Waals surface area (Å²) in [7, 11) is 1.59. The smallest absolute Gasteiger partial charge is 0.261 e. The summed E-state index contributed by atoms with van der Waals surface area (Å²) >= 11 is 0. The Kier molecular flexibility index (Phi) is 4.72. The predicted molar refractivity (Wildman–Crippen MR) is 99.0 cm³/mol. The third kappa shape index (κ3) is 3.35. The Morgan fingerprint density at radius 1 is 0.963 bits per heavy atom. The minimum absolute atomic E-state index is 0.192. The van der Waals surface area contributed by atoms with Crippen LogP contribution in [0.15, 0.2) is 36.7 Å². The van der Waals surface area contributed by atoms with Crippen LogP contribution < -0.4 is 9.64 Å². The normalized spacial score (nSPS) is 17.4. The molecule has 8 heteroatoms. The van der Waals surface area contributed by atoms with Crippen molar-refractivity contribution in [2.45, 2.75) is 0 Å². The molecule has 4 rings (SSSR count). The summed E-state index contributed by atoms with van der Waals surface area (Å²) in [5.41, 5.74) is 1.01. The van der Waals surface area contributed by atoms with E-state index in [-0.39, 0.29) is 11.8 Å². The minimum atomic E-state index is -0.192. The first kappa shape index (κ1) is 17.4. The minimum Gasteiger partial charge on any atom is -0.481 e. The van der Waals surface area contributed by atoms with E-state index in [0.29, 0.717) is 30.1 Å². The fourth-order valence-corrected chi connectivity index (χ4v) is 3.50. The van der Waals surface area contributed by atoms with Gasteiger partial charge < -0.3 is 9.64 Å². The number of amides is 2. The fraction of sp³-hybridized carbons (Fsp3) is 0.368. The number of anilines is 1. The van der Waals surface area contributed by atoms with Crippen molar-refractivity contribution in [3.05, 3.63) is 47.8 Å². The van der Waals surface area contributed by atoms with Gasteiger partial charge in [0.25, 0.3) is 11.8 Å². The maximum atomic E-state index is 12.4. The molecule has 140 valence electrons. The van der Waals surface area contributed by atoms with E-state index in [1.165, 1.54) is 11.2 Å². The molecule has 0 spiro atoms. The largest absolute Gasteiger partial charge is 0.481 e. The molecule has 0 N–H and O–H groups in total. The number of benzene rings is 1. The van der Waals surface area contributed by atoms with Crippen molar-refractivity contribution < 1.29 is 14.3 Å². The quantitative estimate of drug-likeness (QED) is 0.727. The van der Waals surface area contributed by atoms with Crippen LogP contribution in [-0.4, -0.2) is 78.0 Å². The number of piperazine rings is 1. The molecule has 2 aromatic rings. The fourth-order valence-electron chi connectivity index (χ4n) is 3.50. The standard InChI is InChI=1S/C19H21N5O3/c1-27-17-12-16(20-13-21-17)23-9-6-22(7-10-23)8-11-24-18(25)14-4-2-3-5-15(14)19(24)26/h2-5,12-13H,6-11H2,1H3. The van der Waals surface area contributed by atoms with Gasteiger partial charge in [0.2, 0.25) is 5.88 Å². The molecule has 0 radical (unpaired) electrons. The Morgan fingerprint density at radius 2 is 1.63 bits per heavy atom. The first-order valence-electron chi connectivity index (χ1n) is 8.96. The van der Waals surface area contributed by atoms with Gasteiger partial charge in [-0.2, -0.15) is 0 Å². The van der Waals surface area contributed by atoms with Crippen molar-refractivity contribution in [2.75, 3.05) is 51.3 Å². The lowest BCUT2D eigenvalue weighted by Crippen LogP contribution is -2.49. The molecular weight excluding hydrogens is 346 g/mol. The van der Waals surface area contributed by atoms with Crippen molar-refractivity contribution in [3.63, 3.8) is 0 Å². The molecule has 2 amide bonds. The number of imide groups is 1. The van der Waals surface area contributed by atoms with Crippen molar-refractivity contribution in [3.8, 4) is 5.88 Å². The maximum Gasteiger partial charge on any atom is 0.261 e. The number of aromatic nitrogens is 2. The number of hydrogen-bond donors (Lipinski definition) is 0. The van der Waals surface area contributed by atoms with Crippen molar-refractivity contribution in [2.24, 2.45) is 0 Å². The zero-order valence-electron chi connectivity index (χ0n) is 15.2. The van der Waals surface area contributed by atoms with E-state index in [1.807, 2.05) is 6.07 Å². The lowest BCUT2D eigenvalue weighted by atomic mass is 10.1. The van der Waals surface area contributed by atoms with E-state index in [1.54, 1.807) is 31.4 Å². The maximum absolute atomic E-state index is 12.4. The van der Waals surface area contributed by atoms with E-state index in [0.717, 1.165) is 32.0 Å². The molecule has 2 aliphatic heterocycles. The molecule has 0 saturated carbocycles. The molecule has 0 aliphatic carbocycles. The summed E-state index contributed by atoms with van der Waals surface area (Å²) in [5, 5.41) is 0. The Morgan fingerprint density at radius 3 is 2.26 bits per heavy atom. The van der Waals surface area contributed by atoms with Crippen LogP contribution in [0.3, 0.4) is 0 Å². The molecule has 8 nitrogen and oxygen atoms in total. The van der Waals surface area contributed by atoms with Crippen LogP contribution in [0, 0.1) is 0 Å². The molecule has 0 bridgehead atoms. The molecule has 1 aromatic carbocycles. The highest BCUT2D eigenvalue weighted by atomic mass is 16.5. The second-order valence-corrected chi connectivity index (χ2v) is 6.55. The Hall–Kier alpha value is -3.00. The van der Waals surface area contributed by atoms with E-state index < -0.39 is 0 Å². The molecule has 1 saturated heterocycles. The number of carbonyl (C=O) groups excluding carboxylic acids is 2. The molecule has 1 aromatic heterocycles. The third-order valence-corrected chi connectivity index (χ3v) is 5.05. The number of nitrogens with zero attached hydrogens (tertiary/aromatic N) is 5. The first-order valence-corrected chi connectivity index (χ1v) is 8.96. The number of hydrogen-bond acceptors (Lipinski definition) is 7. The topological polar surface area (TPSA) is 78.9 Å². The van der Waals surface area contributed by atoms with Crippen molar-refractivity contribution >= 4 is 17.6 Å². The third-order valence-electron chi connectivity index (χ3n) is 5.05. The van der Waals surface area contributed by atoms with Gasteiger partial charge in [0.05, 0.1) is 18.2 Å². The number of methoxy groups -OCH3 is 1. The highest BCUT2D eigenvalue weighted by Gasteiger charge is 2.35. The van der Waals surface area contributed by atoms with E-state index in [9.17, 15) is 9.59 Å². The molecule has 27 heavy (non-hydrogen) atoms. The average Bonchev–Trinajstić information content (AvgIpc) is 2.97. The zero-order valence-corrected chi connectivity index (χ0v) is 15.2. The van der Waals surface area contributed by atoms with Gasteiger partial charge in [-0.05, 0) is 12.1 Å². The van der Waals surface area contributed by atoms with Gasteiger partial charge >= 0.3 is 0 Å². The molecule has 0 atom stereocenters. The second kappa shape index (κ2) is 7.32. The highest BCUT2D eigenvalue weighted by molar-refractivity contribution is 6.21. The Balaban J connectivity index is 1.31. The summed E-state index contributed by atoms with van der Waals surface area (Å²) in [5.74, 6) is 1.01. The van der Waals surface area contributed by atoms with Gasteiger partial charge in [0.1, 0.15) is 12.1 Å². The summed E-state index contributed by atoms with van der Waals surface area (Å²) in [6, 6.07) is 8.83. The Labute approximate surface area is 157 Å². The molecule has 3 heterocycles. The highest BCUT2D eigenvalue weighted by Crippen LogP contribution is 2.22. The van der Waals surface area contributed by atoms with Gasteiger partial charge in [-0.25, -0.2) is 9.97 Å². The van der Waals surface area contributed by atoms with E-state index >= 15 is 0 Å². The number of ether oxygens (including phenoxy) is 1. The summed E-state index contributed by atoms with van der Waals surface area (Å²) in [6.45, 7) is 4.41. The summed E-state index contributed by atoms with van der Waals surface area (Å²) in [6.07, 6.45) is 1.50. The lowest BCUT2D eigenvalue weighted by molar-refractivity contribution is 0.0635. The summed E-state index contributed by atoms with van der Waals surface area (Å²) in [4.78, 5) is 39.0. The molecule has 1 fully saturated rings. The van der Waals surface area contributed by atoms with Crippen molar-refractivity contribution in [1.82, 2.24) is 19.8 Å². The van der Waals surface area contributed by atoms with Gasteiger partial charge in [-0.1, -0.05) is 12.1 Å². The van der Waals surface area contributed by atoms with Crippen LogP contribution in [-0.2, 0) is 0 Å². The Bertz CT molecular complexity index is 829. The van der Waals surface area contributed by atoms with E-state index in [4.69, 9.17) is 4.74 Å².